The zero-order valence-corrected chi connectivity index (χ0v) is 19.0. The monoisotopic (exact) mass is 481 g/mol. The predicted molar refractivity (Wildman–Crippen MR) is 115 cm³/mol. The molecule has 0 saturated carbocycles. The van der Waals surface area contributed by atoms with Gasteiger partial charge in [-0.15, -0.1) is 0 Å². The van der Waals surface area contributed by atoms with Crippen molar-refractivity contribution in [3.63, 3.8) is 0 Å². The molecule has 0 atom stereocenters. The second-order valence-electron chi connectivity index (χ2n) is 7.18. The van der Waals surface area contributed by atoms with Gasteiger partial charge in [0.1, 0.15) is 12.1 Å². The lowest BCUT2D eigenvalue weighted by atomic mass is 10.1. The number of pyridine rings is 1. The summed E-state index contributed by atoms with van der Waals surface area (Å²) in [5, 5.41) is 10.5. The zero-order valence-electron chi connectivity index (χ0n) is 16.7. The molecule has 3 aromatic heterocycles. The molecule has 29 heavy (non-hydrogen) atoms. The van der Waals surface area contributed by atoms with Gasteiger partial charge in [0.25, 0.3) is 5.69 Å². The smallest absolute Gasteiger partial charge is 0.330 e. The van der Waals surface area contributed by atoms with Crippen LogP contribution in [0.25, 0.3) is 11.2 Å². The maximum Gasteiger partial charge on any atom is 0.330 e. The summed E-state index contributed by atoms with van der Waals surface area (Å²) in [6.45, 7) is 8.27. The SMILES string of the molecule is CC(C)=CCCn1c(=O)n(Cc2c(C)c(Br)c(C)c[n+]2O)c2nc(N)nc(Cl)c21. The molecule has 0 bridgehead atoms. The number of imidazole rings is 1. The minimum Gasteiger partial charge on any atom is -0.368 e. The van der Waals surface area contributed by atoms with Gasteiger partial charge in [-0.2, -0.15) is 9.97 Å². The lowest BCUT2D eigenvalue weighted by molar-refractivity contribution is -0.910. The van der Waals surface area contributed by atoms with Crippen LogP contribution in [0.5, 0.6) is 0 Å². The van der Waals surface area contributed by atoms with E-state index in [1.54, 1.807) is 10.8 Å². The van der Waals surface area contributed by atoms with Gasteiger partial charge in [0.05, 0.1) is 0 Å². The predicted octanol–water partition coefficient (Wildman–Crippen LogP) is 3.14. The van der Waals surface area contributed by atoms with E-state index in [0.29, 0.717) is 29.8 Å². The van der Waals surface area contributed by atoms with E-state index < -0.39 is 0 Å². The molecule has 3 heterocycles. The number of aromatic nitrogens is 5. The van der Waals surface area contributed by atoms with Crippen LogP contribution in [-0.2, 0) is 13.1 Å². The Labute approximate surface area is 181 Å². The number of nitrogen functional groups attached to an aromatic ring is 1. The molecule has 0 aliphatic heterocycles. The number of halogens is 2. The Kier molecular flexibility index (Phi) is 6.00. The molecule has 0 radical (unpaired) electrons. The van der Waals surface area contributed by atoms with E-state index >= 15 is 0 Å². The third-order valence-electron chi connectivity index (χ3n) is 4.74. The molecule has 154 valence electrons. The molecule has 0 saturated heterocycles. The van der Waals surface area contributed by atoms with Crippen molar-refractivity contribution in [1.29, 1.82) is 0 Å². The summed E-state index contributed by atoms with van der Waals surface area (Å²) in [6, 6.07) is 0. The summed E-state index contributed by atoms with van der Waals surface area (Å²) in [6.07, 6.45) is 4.30. The molecule has 3 rings (SSSR count). The van der Waals surface area contributed by atoms with E-state index in [9.17, 15) is 10.0 Å². The third kappa shape index (κ3) is 4.02. The van der Waals surface area contributed by atoms with Crippen molar-refractivity contribution in [3.05, 3.63) is 54.8 Å². The molecule has 3 aromatic rings. The normalized spacial score (nSPS) is 11.2. The summed E-state index contributed by atoms with van der Waals surface area (Å²) in [7, 11) is 0. The third-order valence-corrected chi connectivity index (χ3v) is 6.23. The van der Waals surface area contributed by atoms with E-state index in [0.717, 1.165) is 25.9 Å². The summed E-state index contributed by atoms with van der Waals surface area (Å²) in [4.78, 5) is 21.5. The number of hydrogen-bond acceptors (Lipinski definition) is 5. The Morgan fingerprint density at radius 1 is 1.34 bits per heavy atom. The van der Waals surface area contributed by atoms with Crippen molar-refractivity contribution in [2.45, 2.75) is 47.2 Å². The molecule has 0 unspecified atom stereocenters. The van der Waals surface area contributed by atoms with Crippen LogP contribution in [0.15, 0.2) is 27.1 Å². The van der Waals surface area contributed by atoms with Crippen LogP contribution in [0, 0.1) is 13.8 Å². The van der Waals surface area contributed by atoms with Crippen molar-refractivity contribution in [1.82, 2.24) is 19.1 Å². The Morgan fingerprint density at radius 3 is 2.69 bits per heavy atom. The summed E-state index contributed by atoms with van der Waals surface area (Å²) >= 11 is 9.86. The average molecular weight is 483 g/mol. The number of nitrogens with two attached hydrogens (primary N) is 1. The number of fused-ring (bicyclic) bond motifs is 1. The Bertz CT molecular complexity index is 1190. The molecular formula is C19H23BrClN6O2+. The molecule has 0 fully saturated rings. The first-order chi connectivity index (χ1) is 13.6. The van der Waals surface area contributed by atoms with E-state index in [4.69, 9.17) is 17.3 Å². The molecule has 0 amide bonds. The van der Waals surface area contributed by atoms with E-state index in [1.165, 1.54) is 4.57 Å². The highest BCUT2D eigenvalue weighted by Crippen LogP contribution is 2.24. The fourth-order valence-electron chi connectivity index (χ4n) is 3.27. The lowest BCUT2D eigenvalue weighted by Gasteiger charge is -2.06. The number of anilines is 1. The topological polar surface area (TPSA) is 103 Å². The molecule has 3 N–H and O–H groups in total. The minimum absolute atomic E-state index is 0.0172. The van der Waals surface area contributed by atoms with Gasteiger partial charge in [0.15, 0.2) is 10.8 Å². The van der Waals surface area contributed by atoms with Gasteiger partial charge in [-0.05, 0) is 50.0 Å². The number of hydrogen-bond donors (Lipinski definition) is 2. The Hall–Kier alpha value is -2.39. The van der Waals surface area contributed by atoms with Crippen LogP contribution in [0.4, 0.5) is 5.95 Å². The number of allylic oxidation sites excluding steroid dienone is 2. The second kappa shape index (κ2) is 8.16. The number of rotatable bonds is 5. The number of nitrogens with zero attached hydrogens (tertiary/aromatic N) is 5. The second-order valence-corrected chi connectivity index (χ2v) is 8.33. The van der Waals surface area contributed by atoms with Gasteiger partial charge in [-0.3, -0.25) is 14.3 Å². The highest BCUT2D eigenvalue weighted by atomic mass is 79.9. The van der Waals surface area contributed by atoms with E-state index in [1.807, 2.05) is 33.8 Å². The average Bonchev–Trinajstić information content (AvgIpc) is 2.88. The largest absolute Gasteiger partial charge is 0.368 e. The standard InChI is InChI=1S/C19H23BrClN6O2/c1-10(2)6-5-7-25-15-16(21)23-18(22)24-17(15)26(19(25)28)9-13-12(4)14(20)11(3)8-27(13)29/h6,8,29H,5,7,9H2,1-4H3,(H2,22,23,24)/q+1. The summed E-state index contributed by atoms with van der Waals surface area (Å²) < 4.78 is 4.90. The van der Waals surface area contributed by atoms with Crippen LogP contribution in [0.1, 0.15) is 37.1 Å². The van der Waals surface area contributed by atoms with E-state index in [-0.39, 0.29) is 23.3 Å². The molecule has 8 nitrogen and oxygen atoms in total. The Balaban J connectivity index is 2.21. The van der Waals surface area contributed by atoms with Gasteiger partial charge in [0, 0.05) is 26.9 Å². The number of aryl methyl sites for hydroxylation is 2. The summed E-state index contributed by atoms with van der Waals surface area (Å²) in [5.74, 6) is -0.0172. The first kappa shape index (κ1) is 21.3. The van der Waals surface area contributed by atoms with Crippen LogP contribution < -0.4 is 16.2 Å². The van der Waals surface area contributed by atoms with Crippen molar-refractivity contribution in [2.75, 3.05) is 5.73 Å². The Morgan fingerprint density at radius 2 is 2.03 bits per heavy atom. The van der Waals surface area contributed by atoms with Gasteiger partial charge in [0.2, 0.25) is 12.1 Å². The fourth-order valence-corrected chi connectivity index (χ4v) is 3.87. The molecular weight excluding hydrogens is 460 g/mol. The van der Waals surface area contributed by atoms with Crippen LogP contribution in [0.2, 0.25) is 5.15 Å². The first-order valence-electron chi connectivity index (χ1n) is 9.06. The molecule has 0 spiro atoms. The first-order valence-corrected chi connectivity index (χ1v) is 10.2. The highest BCUT2D eigenvalue weighted by molar-refractivity contribution is 9.10. The van der Waals surface area contributed by atoms with Crippen molar-refractivity contribution in [3.8, 4) is 0 Å². The highest BCUT2D eigenvalue weighted by Gasteiger charge is 2.25. The van der Waals surface area contributed by atoms with Crippen molar-refractivity contribution < 1.29 is 9.94 Å². The lowest BCUT2D eigenvalue weighted by Crippen LogP contribution is -2.39. The van der Waals surface area contributed by atoms with Gasteiger partial charge in [-0.25, -0.2) is 4.79 Å². The van der Waals surface area contributed by atoms with Crippen LogP contribution in [-0.4, -0.2) is 24.3 Å². The van der Waals surface area contributed by atoms with Crippen LogP contribution >= 0.6 is 27.5 Å². The fraction of sp³-hybridized carbons (Fsp3) is 0.368. The quantitative estimate of drug-likeness (QED) is 0.252. The van der Waals surface area contributed by atoms with Gasteiger partial charge < -0.3 is 5.73 Å². The van der Waals surface area contributed by atoms with Gasteiger partial charge in [-0.1, -0.05) is 23.3 Å². The molecule has 0 aliphatic carbocycles. The summed E-state index contributed by atoms with van der Waals surface area (Å²) in [5.41, 5.74) is 9.66. The van der Waals surface area contributed by atoms with Crippen LogP contribution in [0.3, 0.4) is 0 Å². The molecule has 0 aliphatic rings. The van der Waals surface area contributed by atoms with Crippen molar-refractivity contribution >= 4 is 44.6 Å². The zero-order chi connectivity index (χ0) is 21.5. The van der Waals surface area contributed by atoms with E-state index in [2.05, 4.69) is 25.9 Å². The maximum atomic E-state index is 13.2. The van der Waals surface area contributed by atoms with Crippen molar-refractivity contribution in [2.24, 2.45) is 0 Å². The molecule has 10 heteroatoms. The molecule has 0 aromatic carbocycles. The maximum absolute atomic E-state index is 13.2. The van der Waals surface area contributed by atoms with Gasteiger partial charge >= 0.3 is 5.69 Å². The minimum atomic E-state index is -0.292.